The highest BCUT2D eigenvalue weighted by atomic mass is 32.2. The smallest absolute Gasteiger partial charge is 0.352 e. The summed E-state index contributed by atoms with van der Waals surface area (Å²) >= 11 is 1.44. The highest BCUT2D eigenvalue weighted by Crippen LogP contribution is 2.40. The van der Waals surface area contributed by atoms with Gasteiger partial charge in [-0.2, -0.15) is 5.10 Å². The fourth-order valence-corrected chi connectivity index (χ4v) is 5.35. The monoisotopic (exact) mass is 460 g/mol. The van der Waals surface area contributed by atoms with E-state index in [1.165, 1.54) is 16.7 Å². The lowest BCUT2D eigenvalue weighted by atomic mass is 10.0. The van der Waals surface area contributed by atoms with Crippen molar-refractivity contribution in [3.05, 3.63) is 83.7 Å². The van der Waals surface area contributed by atoms with Gasteiger partial charge < -0.3 is 10.4 Å². The van der Waals surface area contributed by atoms with E-state index in [0.29, 0.717) is 22.6 Å². The van der Waals surface area contributed by atoms with Gasteiger partial charge in [0, 0.05) is 17.5 Å². The summed E-state index contributed by atoms with van der Waals surface area (Å²) in [6.07, 6.45) is 1.65. The summed E-state index contributed by atoms with van der Waals surface area (Å²) in [4.78, 5) is 39.0. The third-order valence-electron chi connectivity index (χ3n) is 5.67. The van der Waals surface area contributed by atoms with Crippen LogP contribution in [-0.4, -0.2) is 54.7 Å². The summed E-state index contributed by atoms with van der Waals surface area (Å²) in [6, 6.07) is 18.0. The van der Waals surface area contributed by atoms with E-state index >= 15 is 0 Å². The molecule has 2 aliphatic heterocycles. The van der Waals surface area contributed by atoms with Crippen LogP contribution in [0.25, 0.3) is 16.9 Å². The molecule has 0 spiro atoms. The Labute approximate surface area is 193 Å². The summed E-state index contributed by atoms with van der Waals surface area (Å²) in [5, 5.41) is 16.5. The molecule has 1 saturated heterocycles. The molecule has 0 radical (unpaired) electrons. The van der Waals surface area contributed by atoms with E-state index in [0.717, 1.165) is 11.3 Å². The Bertz CT molecular complexity index is 1290. The Hall–Kier alpha value is -3.85. The number of nitrogens with one attached hydrogen (secondary N) is 1. The lowest BCUT2D eigenvalue weighted by Gasteiger charge is -2.49. The zero-order valence-electron chi connectivity index (χ0n) is 17.6. The number of amides is 2. The van der Waals surface area contributed by atoms with Crippen molar-refractivity contribution in [2.45, 2.75) is 18.3 Å². The van der Waals surface area contributed by atoms with Gasteiger partial charge in [0.2, 0.25) is 0 Å². The molecule has 3 aromatic rings. The molecule has 2 aromatic carbocycles. The first-order valence-corrected chi connectivity index (χ1v) is 11.4. The molecule has 33 heavy (non-hydrogen) atoms. The maximum absolute atomic E-state index is 13.3. The van der Waals surface area contributed by atoms with E-state index in [2.05, 4.69) is 10.4 Å². The van der Waals surface area contributed by atoms with Crippen LogP contribution < -0.4 is 5.32 Å². The van der Waals surface area contributed by atoms with Gasteiger partial charge in [0.15, 0.2) is 0 Å². The van der Waals surface area contributed by atoms with Crippen molar-refractivity contribution >= 4 is 29.5 Å². The summed E-state index contributed by atoms with van der Waals surface area (Å²) in [7, 11) is 0. The van der Waals surface area contributed by atoms with Crippen molar-refractivity contribution < 1.29 is 19.5 Å². The number of aromatic nitrogens is 2. The molecule has 2 amide bonds. The number of carboxylic acids is 1. The second-order valence-corrected chi connectivity index (χ2v) is 8.94. The maximum atomic E-state index is 13.3. The van der Waals surface area contributed by atoms with Crippen molar-refractivity contribution in [1.29, 1.82) is 0 Å². The number of carbonyl (C=O) groups excluding carboxylic acids is 2. The maximum Gasteiger partial charge on any atom is 0.352 e. The largest absolute Gasteiger partial charge is 0.477 e. The molecule has 0 saturated carbocycles. The van der Waals surface area contributed by atoms with E-state index in [1.54, 1.807) is 17.8 Å². The normalized spacial score (nSPS) is 19.7. The predicted octanol–water partition coefficient (Wildman–Crippen LogP) is 2.91. The molecule has 0 bridgehead atoms. The third kappa shape index (κ3) is 3.60. The Morgan fingerprint density at radius 3 is 2.42 bits per heavy atom. The number of thioether (sulfide) groups is 1. The lowest BCUT2D eigenvalue weighted by Crippen LogP contribution is -2.70. The Morgan fingerprint density at radius 2 is 1.76 bits per heavy atom. The quantitative estimate of drug-likeness (QED) is 0.568. The van der Waals surface area contributed by atoms with E-state index in [4.69, 9.17) is 0 Å². The van der Waals surface area contributed by atoms with Crippen LogP contribution in [0.3, 0.4) is 0 Å². The van der Waals surface area contributed by atoms with Crippen LogP contribution in [0.4, 0.5) is 0 Å². The van der Waals surface area contributed by atoms with Crippen molar-refractivity contribution in [2.75, 3.05) is 5.75 Å². The number of para-hydroxylation sites is 1. The minimum absolute atomic E-state index is 0.0103. The van der Waals surface area contributed by atoms with Crippen molar-refractivity contribution in [2.24, 2.45) is 0 Å². The second-order valence-electron chi connectivity index (χ2n) is 7.83. The molecular weight excluding hydrogens is 440 g/mol. The Kier molecular flexibility index (Phi) is 5.26. The van der Waals surface area contributed by atoms with Crippen LogP contribution in [0.5, 0.6) is 0 Å². The average molecular weight is 461 g/mol. The number of hydrogen-bond donors (Lipinski definition) is 2. The molecule has 1 aromatic heterocycles. The molecule has 3 heterocycles. The number of aliphatic carboxylic acids is 1. The van der Waals surface area contributed by atoms with E-state index in [-0.39, 0.29) is 5.70 Å². The fourth-order valence-electron chi connectivity index (χ4n) is 4.06. The first-order valence-electron chi connectivity index (χ1n) is 10.3. The molecule has 5 rings (SSSR count). The topological polar surface area (TPSA) is 105 Å². The molecule has 0 unspecified atom stereocenters. The van der Waals surface area contributed by atoms with Crippen LogP contribution >= 0.6 is 11.8 Å². The Balaban J connectivity index is 1.45. The number of benzene rings is 2. The zero-order valence-corrected chi connectivity index (χ0v) is 18.5. The molecule has 2 atom stereocenters. The number of fused-ring (bicyclic) bond motifs is 1. The number of carboxylic acid groups (broad SMARTS) is 1. The molecule has 166 valence electrons. The van der Waals surface area contributed by atoms with Gasteiger partial charge in [-0.15, -0.1) is 11.8 Å². The van der Waals surface area contributed by atoms with Crippen LogP contribution in [-0.2, 0) is 9.59 Å². The van der Waals surface area contributed by atoms with Gasteiger partial charge in [0.25, 0.3) is 11.8 Å². The van der Waals surface area contributed by atoms with Crippen LogP contribution in [0, 0.1) is 0 Å². The van der Waals surface area contributed by atoms with Gasteiger partial charge in [0.1, 0.15) is 22.8 Å². The van der Waals surface area contributed by atoms with Crippen molar-refractivity contribution in [3.8, 4) is 16.9 Å². The third-order valence-corrected chi connectivity index (χ3v) is 7.10. The van der Waals surface area contributed by atoms with E-state index < -0.39 is 29.2 Å². The van der Waals surface area contributed by atoms with E-state index in [1.807, 2.05) is 60.7 Å². The van der Waals surface area contributed by atoms with Gasteiger partial charge in [-0.3, -0.25) is 14.5 Å². The van der Waals surface area contributed by atoms with Gasteiger partial charge >= 0.3 is 5.97 Å². The predicted molar refractivity (Wildman–Crippen MR) is 124 cm³/mol. The summed E-state index contributed by atoms with van der Waals surface area (Å²) in [5.41, 5.74) is 3.06. The summed E-state index contributed by atoms with van der Waals surface area (Å²) < 4.78 is 1.64. The zero-order chi connectivity index (χ0) is 23.1. The molecule has 2 aliphatic rings. The highest BCUT2D eigenvalue weighted by molar-refractivity contribution is 8.00. The molecule has 0 aliphatic carbocycles. The van der Waals surface area contributed by atoms with Crippen LogP contribution in [0.1, 0.15) is 17.3 Å². The standard InChI is InChI=1S/C24H20N4O4S/c1-14-13-33-23-19(22(30)28(23)20(14)24(31)32)25-21(29)17-12-27(16-10-6-3-7-11-16)26-18(17)15-8-4-2-5-9-15/h2-12,19,23H,13H2,1H3,(H,25,29)(H,31,32)/t19-,23-/m1/s1. The van der Waals surface area contributed by atoms with Gasteiger partial charge in [0.05, 0.1) is 11.3 Å². The van der Waals surface area contributed by atoms with Crippen molar-refractivity contribution in [1.82, 2.24) is 20.0 Å². The molecular formula is C24H20N4O4S. The molecule has 1 fully saturated rings. The molecule has 9 heteroatoms. The summed E-state index contributed by atoms with van der Waals surface area (Å²) in [6.45, 7) is 1.70. The highest BCUT2D eigenvalue weighted by Gasteiger charge is 2.53. The van der Waals surface area contributed by atoms with Gasteiger partial charge in [-0.05, 0) is 24.6 Å². The second kappa shape index (κ2) is 8.25. The van der Waals surface area contributed by atoms with E-state index in [9.17, 15) is 19.5 Å². The molecule has 2 N–H and O–H groups in total. The Morgan fingerprint density at radius 1 is 1.09 bits per heavy atom. The number of hydrogen-bond acceptors (Lipinski definition) is 5. The SMILES string of the molecule is CC1=C(C(=O)O)N2C(=O)[C@@H](NC(=O)c3cn(-c4ccccc4)nc3-c3ccccc3)[C@H]2SC1. The number of rotatable bonds is 5. The fraction of sp³-hybridized carbons (Fsp3) is 0.167. The molecule has 8 nitrogen and oxygen atoms in total. The number of nitrogens with zero attached hydrogens (tertiary/aromatic N) is 3. The number of β-lactam (4-membered cyclic amide) rings is 1. The summed E-state index contributed by atoms with van der Waals surface area (Å²) in [5.74, 6) is -1.50. The lowest BCUT2D eigenvalue weighted by molar-refractivity contribution is -0.148. The number of carbonyl (C=O) groups is 3. The minimum atomic E-state index is -1.13. The van der Waals surface area contributed by atoms with Gasteiger partial charge in [-0.1, -0.05) is 48.5 Å². The van der Waals surface area contributed by atoms with Crippen molar-refractivity contribution in [3.63, 3.8) is 0 Å². The van der Waals surface area contributed by atoms with Crippen LogP contribution in [0.15, 0.2) is 78.1 Å². The minimum Gasteiger partial charge on any atom is -0.477 e. The average Bonchev–Trinajstić information content (AvgIpc) is 3.29. The van der Waals surface area contributed by atoms with Crippen LogP contribution in [0.2, 0.25) is 0 Å². The first-order chi connectivity index (χ1) is 16.0. The first kappa shape index (κ1) is 21.0. The van der Waals surface area contributed by atoms with Gasteiger partial charge in [-0.25, -0.2) is 9.48 Å².